The van der Waals surface area contributed by atoms with Crippen molar-refractivity contribution < 1.29 is 9.59 Å². The molecule has 0 saturated carbocycles. The lowest BCUT2D eigenvalue weighted by atomic mass is 10.1. The molecule has 1 aliphatic rings. The van der Waals surface area contributed by atoms with Gasteiger partial charge in [0.25, 0.3) is 0 Å². The molecule has 5 nitrogen and oxygen atoms in total. The summed E-state index contributed by atoms with van der Waals surface area (Å²) in [6.45, 7) is 6.05. The van der Waals surface area contributed by atoms with Crippen molar-refractivity contribution in [2.75, 3.05) is 19.6 Å². The van der Waals surface area contributed by atoms with Crippen LogP contribution < -0.4 is 10.6 Å². The summed E-state index contributed by atoms with van der Waals surface area (Å²) in [5.74, 6) is -0.0820. The maximum absolute atomic E-state index is 12.1. The maximum Gasteiger partial charge on any atom is 0.240 e. The molecule has 1 aliphatic heterocycles. The van der Waals surface area contributed by atoms with Crippen LogP contribution in [0.3, 0.4) is 0 Å². The molecule has 1 fully saturated rings. The fourth-order valence-corrected chi connectivity index (χ4v) is 2.58. The average molecular weight is 289 g/mol. The smallest absolute Gasteiger partial charge is 0.240 e. The Kier molecular flexibility index (Phi) is 5.33. The van der Waals surface area contributed by atoms with Crippen molar-refractivity contribution in [3.8, 4) is 0 Å². The summed E-state index contributed by atoms with van der Waals surface area (Å²) >= 11 is 0. The molecule has 0 aromatic heterocycles. The molecule has 0 bridgehead atoms. The molecule has 1 heterocycles. The van der Waals surface area contributed by atoms with Crippen molar-refractivity contribution in [1.29, 1.82) is 0 Å². The van der Waals surface area contributed by atoms with Crippen molar-refractivity contribution >= 4 is 11.8 Å². The highest BCUT2D eigenvalue weighted by atomic mass is 16.2. The summed E-state index contributed by atoms with van der Waals surface area (Å²) < 4.78 is 0. The average Bonchev–Trinajstić information content (AvgIpc) is 2.50. The van der Waals surface area contributed by atoms with Crippen LogP contribution in [0.2, 0.25) is 0 Å². The zero-order valence-electron chi connectivity index (χ0n) is 12.6. The van der Waals surface area contributed by atoms with Gasteiger partial charge in [0, 0.05) is 19.6 Å². The van der Waals surface area contributed by atoms with Gasteiger partial charge in [-0.15, -0.1) is 0 Å². The first-order valence-electron chi connectivity index (χ1n) is 7.48. The minimum atomic E-state index is -0.401. The Hall–Kier alpha value is -1.88. The highest BCUT2D eigenvalue weighted by Crippen LogP contribution is 2.12. The number of nitrogens with one attached hydrogen (secondary N) is 2. The van der Waals surface area contributed by atoms with Crippen LogP contribution in [0.4, 0.5) is 0 Å². The van der Waals surface area contributed by atoms with Gasteiger partial charge in [-0.3, -0.25) is 9.59 Å². The number of likely N-dealkylation sites (N-methyl/N-ethyl adjacent to an activating group) is 1. The van der Waals surface area contributed by atoms with E-state index >= 15 is 0 Å². The van der Waals surface area contributed by atoms with E-state index in [0.717, 1.165) is 12.1 Å². The number of piperazine rings is 1. The first-order chi connectivity index (χ1) is 10.1. The summed E-state index contributed by atoms with van der Waals surface area (Å²) in [6, 6.07) is 9.34. The molecular formula is C16H23N3O2. The lowest BCUT2D eigenvalue weighted by Gasteiger charge is -2.32. The van der Waals surface area contributed by atoms with Crippen LogP contribution in [0.25, 0.3) is 0 Å². The van der Waals surface area contributed by atoms with E-state index < -0.39 is 6.04 Å². The van der Waals surface area contributed by atoms with Crippen LogP contribution in [0.15, 0.2) is 30.3 Å². The Balaban J connectivity index is 1.88. The van der Waals surface area contributed by atoms with Gasteiger partial charge in [0.05, 0.1) is 18.5 Å². The van der Waals surface area contributed by atoms with E-state index in [1.807, 2.05) is 44.2 Å². The summed E-state index contributed by atoms with van der Waals surface area (Å²) in [5.41, 5.74) is 1.06. The molecule has 5 heteroatoms. The van der Waals surface area contributed by atoms with Crippen molar-refractivity contribution in [3.63, 3.8) is 0 Å². The summed E-state index contributed by atoms with van der Waals surface area (Å²) in [7, 11) is 0. The SMILES string of the molecule is CCN1CCNC(CC(=O)NC(C)c2ccccc2)C1=O. The molecule has 0 aliphatic carbocycles. The molecule has 2 N–H and O–H groups in total. The van der Waals surface area contributed by atoms with Crippen LogP contribution in [-0.4, -0.2) is 42.4 Å². The molecule has 2 amide bonds. The monoisotopic (exact) mass is 289 g/mol. The van der Waals surface area contributed by atoms with Crippen LogP contribution in [0.5, 0.6) is 0 Å². The topological polar surface area (TPSA) is 61.4 Å². The predicted octanol–water partition coefficient (Wildman–Crippen LogP) is 1.07. The molecule has 0 radical (unpaired) electrons. The molecule has 1 saturated heterocycles. The summed E-state index contributed by atoms with van der Waals surface area (Å²) in [4.78, 5) is 26.0. The summed E-state index contributed by atoms with van der Waals surface area (Å²) in [5, 5.41) is 6.07. The van der Waals surface area contributed by atoms with Crippen LogP contribution in [-0.2, 0) is 9.59 Å². The number of carbonyl (C=O) groups excluding carboxylic acids is 2. The fraction of sp³-hybridized carbons (Fsp3) is 0.500. The predicted molar refractivity (Wildman–Crippen MR) is 81.7 cm³/mol. The Morgan fingerprint density at radius 2 is 2.14 bits per heavy atom. The second-order valence-corrected chi connectivity index (χ2v) is 5.33. The van der Waals surface area contributed by atoms with Crippen LogP contribution in [0.1, 0.15) is 31.9 Å². The van der Waals surface area contributed by atoms with Gasteiger partial charge in [-0.25, -0.2) is 0 Å². The van der Waals surface area contributed by atoms with E-state index in [-0.39, 0.29) is 24.3 Å². The van der Waals surface area contributed by atoms with E-state index in [1.54, 1.807) is 4.90 Å². The Morgan fingerprint density at radius 1 is 1.43 bits per heavy atom. The van der Waals surface area contributed by atoms with E-state index in [1.165, 1.54) is 0 Å². The van der Waals surface area contributed by atoms with Crippen molar-refractivity contribution in [1.82, 2.24) is 15.5 Å². The third-order valence-corrected chi connectivity index (χ3v) is 3.83. The van der Waals surface area contributed by atoms with Crippen molar-refractivity contribution in [3.05, 3.63) is 35.9 Å². The van der Waals surface area contributed by atoms with E-state index in [0.29, 0.717) is 13.1 Å². The first kappa shape index (κ1) is 15.5. The Morgan fingerprint density at radius 3 is 2.81 bits per heavy atom. The normalized spacial score (nSPS) is 20.2. The van der Waals surface area contributed by atoms with Crippen LogP contribution >= 0.6 is 0 Å². The molecule has 21 heavy (non-hydrogen) atoms. The second kappa shape index (κ2) is 7.22. The Bertz CT molecular complexity index is 490. The number of hydrogen-bond donors (Lipinski definition) is 2. The molecule has 1 aromatic carbocycles. The van der Waals surface area contributed by atoms with E-state index in [2.05, 4.69) is 10.6 Å². The molecule has 1 aromatic rings. The van der Waals surface area contributed by atoms with E-state index in [9.17, 15) is 9.59 Å². The highest BCUT2D eigenvalue weighted by Gasteiger charge is 2.29. The zero-order valence-corrected chi connectivity index (χ0v) is 12.6. The van der Waals surface area contributed by atoms with Gasteiger partial charge in [-0.05, 0) is 19.4 Å². The lowest BCUT2D eigenvalue weighted by molar-refractivity contribution is -0.138. The van der Waals surface area contributed by atoms with Crippen LogP contribution in [0, 0.1) is 0 Å². The van der Waals surface area contributed by atoms with E-state index in [4.69, 9.17) is 0 Å². The zero-order chi connectivity index (χ0) is 15.2. The molecule has 114 valence electrons. The number of amides is 2. The Labute approximate surface area is 125 Å². The second-order valence-electron chi connectivity index (χ2n) is 5.33. The third kappa shape index (κ3) is 4.04. The molecule has 2 rings (SSSR count). The number of nitrogens with zero attached hydrogens (tertiary/aromatic N) is 1. The van der Waals surface area contributed by atoms with Gasteiger partial charge >= 0.3 is 0 Å². The number of rotatable bonds is 5. The van der Waals surface area contributed by atoms with Crippen molar-refractivity contribution in [2.24, 2.45) is 0 Å². The molecule has 2 atom stereocenters. The van der Waals surface area contributed by atoms with Gasteiger partial charge in [0.2, 0.25) is 11.8 Å². The number of hydrogen-bond acceptors (Lipinski definition) is 3. The quantitative estimate of drug-likeness (QED) is 0.852. The standard InChI is InChI=1S/C16H23N3O2/c1-3-19-10-9-17-14(16(19)21)11-15(20)18-12(2)13-7-5-4-6-8-13/h4-8,12,14,17H,3,9-11H2,1-2H3,(H,18,20). The lowest BCUT2D eigenvalue weighted by Crippen LogP contribution is -2.56. The third-order valence-electron chi connectivity index (χ3n) is 3.83. The van der Waals surface area contributed by atoms with Crippen molar-refractivity contribution in [2.45, 2.75) is 32.4 Å². The fourth-order valence-electron chi connectivity index (χ4n) is 2.58. The molecule has 0 spiro atoms. The van der Waals surface area contributed by atoms with Gasteiger partial charge in [-0.2, -0.15) is 0 Å². The number of benzene rings is 1. The van der Waals surface area contributed by atoms with Gasteiger partial charge in [0.15, 0.2) is 0 Å². The van der Waals surface area contributed by atoms with Gasteiger partial charge in [0.1, 0.15) is 0 Å². The maximum atomic E-state index is 12.1. The minimum absolute atomic E-state index is 0.0197. The minimum Gasteiger partial charge on any atom is -0.350 e. The first-order valence-corrected chi connectivity index (χ1v) is 7.48. The number of carbonyl (C=O) groups is 2. The molecular weight excluding hydrogens is 266 g/mol. The molecule has 2 unspecified atom stereocenters. The van der Waals surface area contributed by atoms with Gasteiger partial charge < -0.3 is 15.5 Å². The largest absolute Gasteiger partial charge is 0.350 e. The highest BCUT2D eigenvalue weighted by molar-refractivity contribution is 5.89. The van der Waals surface area contributed by atoms with Gasteiger partial charge in [-0.1, -0.05) is 30.3 Å². The summed E-state index contributed by atoms with van der Waals surface area (Å²) in [6.07, 6.45) is 0.187.